The van der Waals surface area contributed by atoms with Gasteiger partial charge in [0.2, 0.25) is 11.8 Å². The first-order chi connectivity index (χ1) is 12.1. The third-order valence-corrected chi connectivity index (χ3v) is 6.26. The molecule has 0 unspecified atom stereocenters. The van der Waals surface area contributed by atoms with Crippen LogP contribution in [0.5, 0.6) is 0 Å². The molecule has 0 radical (unpaired) electrons. The zero-order valence-corrected chi connectivity index (χ0v) is 15.6. The lowest BCUT2D eigenvalue weighted by atomic mass is 9.92. The number of nitrogens with zero attached hydrogens (tertiary/aromatic N) is 2. The first kappa shape index (κ1) is 18.1. The molecule has 2 aliphatic heterocycles. The first-order valence-corrected chi connectivity index (χ1v) is 10.1. The summed E-state index contributed by atoms with van der Waals surface area (Å²) in [7, 11) is 0. The summed E-state index contributed by atoms with van der Waals surface area (Å²) in [5.41, 5.74) is 1.02. The van der Waals surface area contributed by atoms with Gasteiger partial charge in [-0.05, 0) is 49.6 Å². The van der Waals surface area contributed by atoms with E-state index in [9.17, 15) is 14.4 Å². The average Bonchev–Trinajstić information content (AvgIpc) is 2.95. The topological polar surface area (TPSA) is 57.7 Å². The minimum atomic E-state index is -0.116. The molecular formula is C19H26N2O3S. The van der Waals surface area contributed by atoms with E-state index in [4.69, 9.17) is 0 Å². The molecule has 2 saturated heterocycles. The Hall–Kier alpha value is -1.69. The highest BCUT2D eigenvalue weighted by Crippen LogP contribution is 2.26. The number of aryl methyl sites for hydroxylation is 1. The van der Waals surface area contributed by atoms with Crippen LogP contribution in [0.25, 0.3) is 0 Å². The summed E-state index contributed by atoms with van der Waals surface area (Å²) in [6, 6.07) is 1.97. The summed E-state index contributed by atoms with van der Waals surface area (Å²) >= 11 is 1.49. The van der Waals surface area contributed by atoms with Crippen LogP contribution in [0.15, 0.2) is 11.4 Å². The fourth-order valence-corrected chi connectivity index (χ4v) is 4.64. The summed E-state index contributed by atoms with van der Waals surface area (Å²) in [6.07, 6.45) is 5.17. The normalized spacial score (nSPS) is 22.0. The maximum atomic E-state index is 12.7. The van der Waals surface area contributed by atoms with Gasteiger partial charge >= 0.3 is 0 Å². The molecule has 0 bridgehead atoms. The van der Waals surface area contributed by atoms with Gasteiger partial charge in [-0.1, -0.05) is 6.42 Å². The number of ketones is 1. The second kappa shape index (κ2) is 8.13. The molecule has 0 N–H and O–H groups in total. The van der Waals surface area contributed by atoms with Gasteiger partial charge in [-0.2, -0.15) is 0 Å². The van der Waals surface area contributed by atoms with Gasteiger partial charge in [-0.15, -0.1) is 11.3 Å². The highest BCUT2D eigenvalue weighted by molar-refractivity contribution is 7.12. The molecule has 0 spiro atoms. The zero-order valence-electron chi connectivity index (χ0n) is 14.8. The number of Topliss-reactive ketones (excluding diaryl/α,β-unsaturated/α-hetero) is 1. The lowest BCUT2D eigenvalue weighted by molar-refractivity contribution is -0.141. The number of hydrogen-bond donors (Lipinski definition) is 0. The molecule has 1 aromatic heterocycles. The Balaban J connectivity index is 1.60. The van der Waals surface area contributed by atoms with Crippen LogP contribution >= 0.6 is 11.3 Å². The van der Waals surface area contributed by atoms with Crippen LogP contribution in [0.1, 0.15) is 53.8 Å². The van der Waals surface area contributed by atoms with Gasteiger partial charge < -0.3 is 9.80 Å². The summed E-state index contributed by atoms with van der Waals surface area (Å²) in [5.74, 6) is 0.117. The molecule has 5 nitrogen and oxygen atoms in total. The van der Waals surface area contributed by atoms with Crippen molar-refractivity contribution in [3.63, 3.8) is 0 Å². The van der Waals surface area contributed by atoms with Crippen LogP contribution in [-0.4, -0.2) is 53.6 Å². The molecule has 3 rings (SSSR count). The second-order valence-corrected chi connectivity index (χ2v) is 8.02. The number of piperidine rings is 1. The monoisotopic (exact) mass is 362 g/mol. The van der Waals surface area contributed by atoms with E-state index in [1.165, 1.54) is 11.3 Å². The van der Waals surface area contributed by atoms with Crippen LogP contribution in [0.2, 0.25) is 0 Å². The molecule has 1 atom stereocenters. The van der Waals surface area contributed by atoms with E-state index in [2.05, 4.69) is 0 Å². The Bertz CT molecular complexity index is 655. The summed E-state index contributed by atoms with van der Waals surface area (Å²) in [5, 5.41) is 1.94. The molecule has 2 amide bonds. The van der Waals surface area contributed by atoms with Crippen LogP contribution in [0.4, 0.5) is 0 Å². The van der Waals surface area contributed by atoms with Crippen molar-refractivity contribution in [1.82, 2.24) is 9.80 Å². The Morgan fingerprint density at radius 1 is 1.20 bits per heavy atom. The Labute approximate surface area is 153 Å². The van der Waals surface area contributed by atoms with E-state index in [0.717, 1.165) is 42.5 Å². The summed E-state index contributed by atoms with van der Waals surface area (Å²) in [4.78, 5) is 41.8. The van der Waals surface area contributed by atoms with Gasteiger partial charge in [0, 0.05) is 32.0 Å². The van der Waals surface area contributed by atoms with Gasteiger partial charge in [-0.25, -0.2) is 0 Å². The molecule has 0 aliphatic carbocycles. The van der Waals surface area contributed by atoms with Crippen LogP contribution in [0, 0.1) is 12.8 Å². The Morgan fingerprint density at radius 2 is 2.04 bits per heavy atom. The number of amides is 2. The first-order valence-electron chi connectivity index (χ1n) is 9.20. The standard InChI is InChI=1S/C19H26N2O3S/c1-14-8-11-25-19(14)18(24)15-6-5-10-20(12-15)17(23)13-21-9-4-2-3-7-16(21)22/h8,11,15H,2-7,9-10,12-13H2,1H3/t15-/m0/s1. The van der Waals surface area contributed by atoms with Crippen molar-refractivity contribution in [2.45, 2.75) is 45.4 Å². The fraction of sp³-hybridized carbons (Fsp3) is 0.632. The van der Waals surface area contributed by atoms with Crippen molar-refractivity contribution in [3.05, 3.63) is 21.9 Å². The van der Waals surface area contributed by atoms with Crippen molar-refractivity contribution in [2.75, 3.05) is 26.2 Å². The van der Waals surface area contributed by atoms with Gasteiger partial charge in [0.15, 0.2) is 5.78 Å². The average molecular weight is 362 g/mol. The van der Waals surface area contributed by atoms with Crippen LogP contribution in [0.3, 0.4) is 0 Å². The molecule has 136 valence electrons. The van der Waals surface area contributed by atoms with Crippen molar-refractivity contribution in [3.8, 4) is 0 Å². The lowest BCUT2D eigenvalue weighted by Gasteiger charge is -2.33. The number of carbonyl (C=O) groups excluding carboxylic acids is 3. The molecule has 2 aliphatic rings. The number of likely N-dealkylation sites (tertiary alicyclic amines) is 2. The van der Waals surface area contributed by atoms with E-state index in [1.54, 1.807) is 9.80 Å². The smallest absolute Gasteiger partial charge is 0.242 e. The van der Waals surface area contributed by atoms with E-state index in [-0.39, 0.29) is 30.1 Å². The van der Waals surface area contributed by atoms with Crippen LogP contribution in [-0.2, 0) is 9.59 Å². The van der Waals surface area contributed by atoms with Crippen molar-refractivity contribution >= 4 is 28.9 Å². The molecule has 6 heteroatoms. The van der Waals surface area contributed by atoms with Gasteiger partial charge in [0.05, 0.1) is 11.4 Å². The summed E-state index contributed by atoms with van der Waals surface area (Å²) in [6.45, 7) is 3.97. The zero-order chi connectivity index (χ0) is 17.8. The van der Waals surface area contributed by atoms with E-state index in [0.29, 0.717) is 26.1 Å². The predicted octanol–water partition coefficient (Wildman–Crippen LogP) is 2.88. The second-order valence-electron chi connectivity index (χ2n) is 7.10. The van der Waals surface area contributed by atoms with E-state index in [1.807, 2.05) is 18.4 Å². The summed E-state index contributed by atoms with van der Waals surface area (Å²) < 4.78 is 0. The van der Waals surface area contributed by atoms with Gasteiger partial charge in [0.25, 0.3) is 0 Å². The largest absolute Gasteiger partial charge is 0.340 e. The highest BCUT2D eigenvalue weighted by Gasteiger charge is 2.31. The van der Waals surface area contributed by atoms with Gasteiger partial charge in [-0.3, -0.25) is 14.4 Å². The predicted molar refractivity (Wildman–Crippen MR) is 97.7 cm³/mol. The molecule has 1 aromatic rings. The number of thiophene rings is 1. The quantitative estimate of drug-likeness (QED) is 0.774. The molecule has 0 aromatic carbocycles. The molecular weight excluding hydrogens is 336 g/mol. The molecule has 2 fully saturated rings. The lowest BCUT2D eigenvalue weighted by Crippen LogP contribution is -2.47. The highest BCUT2D eigenvalue weighted by atomic mass is 32.1. The van der Waals surface area contributed by atoms with Crippen LogP contribution < -0.4 is 0 Å². The number of carbonyl (C=O) groups is 3. The minimum absolute atomic E-state index is 0.0179. The van der Waals surface area contributed by atoms with E-state index < -0.39 is 0 Å². The van der Waals surface area contributed by atoms with Crippen molar-refractivity contribution < 1.29 is 14.4 Å². The third kappa shape index (κ3) is 4.29. The Morgan fingerprint density at radius 3 is 2.80 bits per heavy atom. The maximum Gasteiger partial charge on any atom is 0.242 e. The van der Waals surface area contributed by atoms with Crippen molar-refractivity contribution in [2.24, 2.45) is 5.92 Å². The van der Waals surface area contributed by atoms with Crippen molar-refractivity contribution in [1.29, 1.82) is 0 Å². The fourth-order valence-electron chi connectivity index (χ4n) is 3.70. The SMILES string of the molecule is Cc1ccsc1C(=O)[C@H]1CCCN(C(=O)CN2CCCCCC2=O)C1. The molecule has 3 heterocycles. The third-order valence-electron chi connectivity index (χ3n) is 5.23. The molecule has 25 heavy (non-hydrogen) atoms. The number of hydrogen-bond acceptors (Lipinski definition) is 4. The number of rotatable bonds is 4. The Kier molecular flexibility index (Phi) is 5.89. The minimum Gasteiger partial charge on any atom is -0.340 e. The van der Waals surface area contributed by atoms with E-state index >= 15 is 0 Å². The maximum absolute atomic E-state index is 12.7. The molecule has 0 saturated carbocycles. The van der Waals surface area contributed by atoms with Gasteiger partial charge in [0.1, 0.15) is 0 Å².